The van der Waals surface area contributed by atoms with Gasteiger partial charge in [0.1, 0.15) is 28.1 Å². The summed E-state index contributed by atoms with van der Waals surface area (Å²) in [6.45, 7) is 14.3. The Morgan fingerprint density at radius 3 is 1.66 bits per heavy atom. The second-order valence-electron chi connectivity index (χ2n) is 19.8. The molecule has 2 aliphatic rings. The van der Waals surface area contributed by atoms with E-state index < -0.39 is 23.4 Å². The van der Waals surface area contributed by atoms with Gasteiger partial charge in [0.2, 0.25) is 11.9 Å². The van der Waals surface area contributed by atoms with Crippen molar-refractivity contribution in [2.45, 2.75) is 104 Å². The molecule has 19 heteroatoms. The van der Waals surface area contributed by atoms with Gasteiger partial charge in [-0.3, -0.25) is 14.2 Å². The molecule has 0 aliphatic carbocycles. The topological polar surface area (TPSA) is 174 Å². The minimum Gasteiger partial charge on any atom is -0.444 e. The molecule has 0 saturated carbocycles. The van der Waals surface area contributed by atoms with E-state index in [0.29, 0.717) is 82.4 Å². The quantitative estimate of drug-likeness (QED) is 0.126. The number of amides is 2. The molecular weight excluding hydrogens is 951 g/mol. The number of aromatic nitrogens is 6. The number of rotatable bonds is 9. The number of alkyl carbamates (subject to hydrolysis) is 2. The summed E-state index contributed by atoms with van der Waals surface area (Å²) in [7, 11) is 0. The number of nitrogens with zero attached hydrogens (tertiary/aromatic N) is 7. The maximum absolute atomic E-state index is 13.8. The predicted molar refractivity (Wildman–Crippen MR) is 276 cm³/mol. The molecule has 2 atom stereocenters. The third-order valence-electron chi connectivity index (χ3n) is 11.9. The number of pyridine rings is 2. The average Bonchev–Trinajstić information content (AvgIpc) is 3.87. The lowest BCUT2D eigenvalue weighted by molar-refractivity contribution is 0.0488. The van der Waals surface area contributed by atoms with Crippen molar-refractivity contribution in [3.63, 3.8) is 0 Å². The molecule has 2 aliphatic heterocycles. The molecule has 3 aromatic carbocycles. The van der Waals surface area contributed by atoms with Crippen LogP contribution in [0.15, 0.2) is 107 Å². The highest BCUT2D eigenvalue weighted by Crippen LogP contribution is 2.29. The van der Waals surface area contributed by atoms with Crippen LogP contribution in [0, 0.1) is 5.82 Å². The van der Waals surface area contributed by atoms with E-state index >= 15 is 0 Å². The summed E-state index contributed by atoms with van der Waals surface area (Å²) in [5.74, 6) is 0.931. The zero-order chi connectivity index (χ0) is 50.6. The van der Waals surface area contributed by atoms with Crippen LogP contribution in [0.1, 0.15) is 78.4 Å². The number of ether oxygens (including phenoxy) is 2. The highest BCUT2D eigenvalue weighted by atomic mass is 35.5. The smallest absolute Gasteiger partial charge is 0.407 e. The lowest BCUT2D eigenvalue weighted by atomic mass is 10.1. The zero-order valence-corrected chi connectivity index (χ0v) is 42.2. The van der Waals surface area contributed by atoms with Gasteiger partial charge in [0, 0.05) is 66.4 Å². The first-order chi connectivity index (χ1) is 33.8. The Labute approximate surface area is 420 Å². The molecular formula is C52H59Cl2FN10O6. The van der Waals surface area contributed by atoms with Gasteiger partial charge in [-0.25, -0.2) is 23.9 Å². The first kappa shape index (κ1) is 50.5. The van der Waals surface area contributed by atoms with Crippen LogP contribution in [-0.2, 0) is 22.6 Å². The fourth-order valence-electron chi connectivity index (χ4n) is 8.89. The standard InChI is InChI=1S/C29H31ClFN5O3.C23H28ClN5O3/c1-29(2,3)39-28(38)32-21-8-6-15-34(18-21)27-33-24-14-16-35(22-12-10-20(31)11-13-22)26(37)25(24)36(27)17-19-7-4-5-9-23(19)30;1-23(2,3)32-22(31)26-16-8-6-12-28(14-16)21-27-18-10-11-25-20(30)19(18)29(21)13-15-7-4-5-9-17(15)24/h4-5,7,9-14,16,21H,6,8,15,17-18H2,1-3H3,(H,32,38);4-5,7,9-11,16H,6,8,12-14H2,1-3H3,(H,25,30)(H,26,31)/t21-;16-/m11/s1. The van der Waals surface area contributed by atoms with Crippen LogP contribution in [-0.4, -0.2) is 90.3 Å². The van der Waals surface area contributed by atoms with Crippen molar-refractivity contribution in [3.05, 3.63) is 145 Å². The Morgan fingerprint density at radius 1 is 0.690 bits per heavy atom. The largest absolute Gasteiger partial charge is 0.444 e. The number of aromatic amines is 1. The normalized spacial score (nSPS) is 16.4. The van der Waals surface area contributed by atoms with Gasteiger partial charge >= 0.3 is 12.2 Å². The minimum absolute atomic E-state index is 0.0783. The van der Waals surface area contributed by atoms with E-state index in [1.54, 1.807) is 36.7 Å². The Balaban J connectivity index is 0.000000194. The van der Waals surface area contributed by atoms with E-state index in [1.807, 2.05) is 99.2 Å². The van der Waals surface area contributed by atoms with Gasteiger partial charge in [0.15, 0.2) is 0 Å². The Hall–Kier alpha value is -6.85. The first-order valence-electron chi connectivity index (χ1n) is 23.7. The Morgan fingerprint density at radius 2 is 1.17 bits per heavy atom. The van der Waals surface area contributed by atoms with Crippen molar-refractivity contribution in [1.82, 2.24) is 39.3 Å². The van der Waals surface area contributed by atoms with Crippen molar-refractivity contribution in [3.8, 4) is 5.69 Å². The van der Waals surface area contributed by atoms with Gasteiger partial charge in [0.25, 0.3) is 11.1 Å². The number of imidazole rings is 2. The summed E-state index contributed by atoms with van der Waals surface area (Å²) in [6, 6.07) is 24.2. The van der Waals surface area contributed by atoms with Crippen molar-refractivity contribution in [1.29, 1.82) is 0 Å². The van der Waals surface area contributed by atoms with Crippen molar-refractivity contribution < 1.29 is 23.5 Å². The van der Waals surface area contributed by atoms with E-state index in [-0.39, 0.29) is 29.0 Å². The van der Waals surface area contributed by atoms with Crippen LogP contribution >= 0.6 is 23.2 Å². The van der Waals surface area contributed by atoms with E-state index in [4.69, 9.17) is 42.6 Å². The number of carbonyl (C=O) groups is 2. The molecule has 6 heterocycles. The summed E-state index contributed by atoms with van der Waals surface area (Å²) >= 11 is 12.9. The SMILES string of the molecule is CC(C)(C)OC(=O)N[C@@H]1CCCN(c2nc3cc[nH]c(=O)c3n2Cc2ccccc2Cl)C1.CC(C)(C)OC(=O)N[C@@H]1CCCN(c2nc3ccn(-c4ccc(F)cc4)c(=O)c3n2Cc2ccccc2Cl)C1. The maximum atomic E-state index is 13.8. The van der Waals surface area contributed by atoms with Gasteiger partial charge < -0.3 is 44.0 Å². The second kappa shape index (κ2) is 21.2. The van der Waals surface area contributed by atoms with Gasteiger partial charge in [-0.1, -0.05) is 59.6 Å². The van der Waals surface area contributed by atoms with Crippen molar-refractivity contribution in [2.24, 2.45) is 0 Å². The molecule has 16 nitrogen and oxygen atoms in total. The lowest BCUT2D eigenvalue weighted by Crippen LogP contribution is -2.49. The summed E-state index contributed by atoms with van der Waals surface area (Å²) in [6.07, 6.45) is 5.73. The molecule has 0 spiro atoms. The minimum atomic E-state index is -0.591. The second-order valence-corrected chi connectivity index (χ2v) is 20.6. The maximum Gasteiger partial charge on any atom is 0.407 e. The molecule has 2 fully saturated rings. The molecule has 3 N–H and O–H groups in total. The fraction of sp³-hybridized carbons (Fsp3) is 0.385. The van der Waals surface area contributed by atoms with Crippen LogP contribution in [0.5, 0.6) is 0 Å². The number of halogens is 3. The highest BCUT2D eigenvalue weighted by molar-refractivity contribution is 6.31. The van der Waals surface area contributed by atoms with Gasteiger partial charge in [-0.05, 0) is 127 Å². The fourth-order valence-corrected chi connectivity index (χ4v) is 9.28. The van der Waals surface area contributed by atoms with E-state index in [2.05, 4.69) is 25.4 Å². The monoisotopic (exact) mass is 1010 g/mol. The zero-order valence-electron chi connectivity index (χ0n) is 40.7. The number of piperidine rings is 2. The number of nitrogens with one attached hydrogen (secondary N) is 3. The van der Waals surface area contributed by atoms with Crippen LogP contribution < -0.4 is 31.6 Å². The Kier molecular flexibility index (Phi) is 15.1. The number of hydrogen-bond donors (Lipinski definition) is 3. The number of fused-ring (bicyclic) bond motifs is 2. The molecule has 2 saturated heterocycles. The third kappa shape index (κ3) is 12.4. The highest BCUT2D eigenvalue weighted by Gasteiger charge is 2.30. The third-order valence-corrected chi connectivity index (χ3v) is 12.7. The molecule has 7 aromatic rings. The molecule has 0 bridgehead atoms. The number of anilines is 2. The molecule has 4 aromatic heterocycles. The van der Waals surface area contributed by atoms with Crippen LogP contribution in [0.3, 0.4) is 0 Å². The molecule has 9 rings (SSSR count). The number of H-pyrrole nitrogens is 1. The number of benzene rings is 3. The number of carbonyl (C=O) groups excluding carboxylic acids is 2. The molecule has 374 valence electrons. The van der Waals surface area contributed by atoms with Gasteiger partial charge in [-0.15, -0.1) is 0 Å². The van der Waals surface area contributed by atoms with Crippen LogP contribution in [0.2, 0.25) is 10.0 Å². The molecule has 71 heavy (non-hydrogen) atoms. The summed E-state index contributed by atoms with van der Waals surface area (Å²) < 4.78 is 29.7. The predicted octanol–water partition coefficient (Wildman–Crippen LogP) is 9.44. The van der Waals surface area contributed by atoms with Crippen LogP contribution in [0.4, 0.5) is 25.9 Å². The number of hydrogen-bond acceptors (Lipinski definition) is 10. The summed E-state index contributed by atoms with van der Waals surface area (Å²) in [5.41, 5.74) is 2.77. The van der Waals surface area contributed by atoms with Gasteiger partial charge in [0.05, 0.1) is 24.1 Å². The van der Waals surface area contributed by atoms with Crippen molar-refractivity contribution in [2.75, 3.05) is 36.0 Å². The molecule has 0 unspecified atom stereocenters. The van der Waals surface area contributed by atoms with E-state index in [1.165, 1.54) is 16.7 Å². The van der Waals surface area contributed by atoms with Crippen molar-refractivity contribution >= 4 is 69.4 Å². The lowest BCUT2D eigenvalue weighted by Gasteiger charge is -2.34. The Bertz CT molecular complexity index is 3160. The van der Waals surface area contributed by atoms with E-state index in [0.717, 1.165) is 43.4 Å². The molecule has 2 amide bonds. The van der Waals surface area contributed by atoms with E-state index in [9.17, 15) is 23.6 Å². The first-order valence-corrected chi connectivity index (χ1v) is 24.5. The van der Waals surface area contributed by atoms with Gasteiger partial charge in [-0.2, -0.15) is 0 Å². The van der Waals surface area contributed by atoms with Crippen LogP contribution in [0.25, 0.3) is 27.8 Å². The average molecular weight is 1010 g/mol. The summed E-state index contributed by atoms with van der Waals surface area (Å²) in [4.78, 5) is 67.8. The summed E-state index contributed by atoms with van der Waals surface area (Å²) in [5, 5.41) is 7.17. The molecule has 0 radical (unpaired) electrons.